The van der Waals surface area contributed by atoms with E-state index in [1.165, 1.54) is 12.8 Å². The van der Waals surface area contributed by atoms with Gasteiger partial charge in [0.2, 0.25) is 5.91 Å². The Balaban J connectivity index is 1.64. The van der Waals surface area contributed by atoms with Gasteiger partial charge in [0.25, 0.3) is 0 Å². The van der Waals surface area contributed by atoms with Gasteiger partial charge in [-0.3, -0.25) is 10.1 Å². The van der Waals surface area contributed by atoms with E-state index in [2.05, 4.69) is 12.2 Å². The van der Waals surface area contributed by atoms with Crippen molar-refractivity contribution in [3.8, 4) is 0 Å². The lowest BCUT2D eigenvalue weighted by atomic mass is 10.3. The zero-order valence-corrected chi connectivity index (χ0v) is 9.37. The van der Waals surface area contributed by atoms with Crippen molar-refractivity contribution in [2.75, 3.05) is 26.3 Å². The molecule has 4 heteroatoms. The molecule has 0 aromatic rings. The smallest absolute Gasteiger partial charge is 0.237 e. The van der Waals surface area contributed by atoms with Crippen LogP contribution in [-0.2, 0) is 9.53 Å². The van der Waals surface area contributed by atoms with E-state index in [4.69, 9.17) is 4.74 Å². The third-order valence-electron chi connectivity index (χ3n) is 3.10. The highest BCUT2D eigenvalue weighted by Gasteiger charge is 2.28. The largest absolute Gasteiger partial charge is 0.379 e. The Labute approximate surface area is 91.0 Å². The van der Waals surface area contributed by atoms with Gasteiger partial charge in [0, 0.05) is 13.2 Å². The Bertz CT molecular complexity index is 229. The van der Waals surface area contributed by atoms with Crippen molar-refractivity contribution in [1.82, 2.24) is 10.2 Å². The van der Waals surface area contributed by atoms with E-state index >= 15 is 0 Å². The van der Waals surface area contributed by atoms with Crippen molar-refractivity contribution in [1.29, 1.82) is 0 Å². The Morgan fingerprint density at radius 3 is 3.00 bits per heavy atom. The summed E-state index contributed by atoms with van der Waals surface area (Å²) in [6.45, 7) is 4.87. The fourth-order valence-corrected chi connectivity index (χ4v) is 1.93. The average Bonchev–Trinajstić information content (AvgIpc) is 2.99. The van der Waals surface area contributed by atoms with E-state index in [0.717, 1.165) is 25.5 Å². The molecular formula is C11H20N2O2. The van der Waals surface area contributed by atoms with E-state index in [1.807, 2.05) is 4.90 Å². The van der Waals surface area contributed by atoms with Gasteiger partial charge < -0.3 is 9.64 Å². The molecule has 1 aliphatic heterocycles. The normalized spacial score (nSPS) is 26.3. The summed E-state index contributed by atoms with van der Waals surface area (Å²) >= 11 is 0. The van der Waals surface area contributed by atoms with Crippen LogP contribution < -0.4 is 5.32 Å². The summed E-state index contributed by atoms with van der Waals surface area (Å²) in [6, 6.07) is 0. The van der Waals surface area contributed by atoms with Gasteiger partial charge in [-0.25, -0.2) is 0 Å². The summed E-state index contributed by atoms with van der Waals surface area (Å²) in [5.74, 6) is 1.01. The van der Waals surface area contributed by atoms with Crippen LogP contribution in [0.4, 0.5) is 0 Å². The molecule has 1 heterocycles. The predicted octanol–water partition coefficient (Wildman–Crippen LogP) is 0.581. The molecule has 1 aliphatic carbocycles. The highest BCUT2D eigenvalue weighted by atomic mass is 16.5. The molecule has 1 atom stereocenters. The summed E-state index contributed by atoms with van der Waals surface area (Å²) < 4.78 is 5.54. The first-order chi connectivity index (χ1) is 7.31. The maximum atomic E-state index is 11.5. The SMILES string of the molecule is CCC1NCC(=O)N1CCOCC1CC1. The quantitative estimate of drug-likeness (QED) is 0.655. The Morgan fingerprint density at radius 2 is 2.33 bits per heavy atom. The van der Waals surface area contributed by atoms with E-state index in [9.17, 15) is 4.79 Å². The predicted molar refractivity (Wildman–Crippen MR) is 57.3 cm³/mol. The van der Waals surface area contributed by atoms with Gasteiger partial charge in [-0.15, -0.1) is 0 Å². The topological polar surface area (TPSA) is 41.6 Å². The molecule has 1 saturated carbocycles. The molecule has 0 spiro atoms. The van der Waals surface area contributed by atoms with Gasteiger partial charge in [-0.2, -0.15) is 0 Å². The minimum absolute atomic E-state index is 0.205. The molecule has 4 nitrogen and oxygen atoms in total. The van der Waals surface area contributed by atoms with E-state index < -0.39 is 0 Å². The molecule has 86 valence electrons. The fraction of sp³-hybridized carbons (Fsp3) is 0.909. The van der Waals surface area contributed by atoms with Gasteiger partial charge in [0.05, 0.1) is 19.3 Å². The van der Waals surface area contributed by atoms with Crippen LogP contribution in [-0.4, -0.2) is 43.3 Å². The molecule has 0 aromatic heterocycles. The molecule has 15 heavy (non-hydrogen) atoms. The number of ether oxygens (including phenoxy) is 1. The first-order valence-corrected chi connectivity index (χ1v) is 5.92. The third-order valence-corrected chi connectivity index (χ3v) is 3.10. The first-order valence-electron chi connectivity index (χ1n) is 5.92. The Kier molecular flexibility index (Phi) is 3.59. The number of hydrogen-bond acceptors (Lipinski definition) is 3. The molecule has 2 fully saturated rings. The van der Waals surface area contributed by atoms with Crippen LogP contribution in [0, 0.1) is 5.92 Å². The Hall–Kier alpha value is -0.610. The molecule has 1 N–H and O–H groups in total. The summed E-state index contributed by atoms with van der Waals surface area (Å²) in [6.07, 6.45) is 3.83. The van der Waals surface area contributed by atoms with Crippen molar-refractivity contribution in [3.63, 3.8) is 0 Å². The second kappa shape index (κ2) is 4.94. The summed E-state index contributed by atoms with van der Waals surface area (Å²) in [5.41, 5.74) is 0. The molecule has 1 saturated heterocycles. The molecular weight excluding hydrogens is 192 g/mol. The monoisotopic (exact) mass is 212 g/mol. The van der Waals surface area contributed by atoms with Gasteiger partial charge in [-0.1, -0.05) is 6.92 Å². The van der Waals surface area contributed by atoms with E-state index in [1.54, 1.807) is 0 Å². The zero-order valence-electron chi connectivity index (χ0n) is 9.37. The molecule has 2 rings (SSSR count). The average molecular weight is 212 g/mol. The van der Waals surface area contributed by atoms with Gasteiger partial charge in [-0.05, 0) is 25.2 Å². The van der Waals surface area contributed by atoms with Crippen LogP contribution in [0.1, 0.15) is 26.2 Å². The van der Waals surface area contributed by atoms with Crippen molar-refractivity contribution >= 4 is 5.91 Å². The minimum Gasteiger partial charge on any atom is -0.379 e. The maximum absolute atomic E-state index is 11.5. The lowest BCUT2D eigenvalue weighted by Gasteiger charge is -2.22. The van der Waals surface area contributed by atoms with Crippen molar-refractivity contribution in [3.05, 3.63) is 0 Å². The molecule has 1 amide bonds. The summed E-state index contributed by atoms with van der Waals surface area (Å²) in [7, 11) is 0. The second-order valence-electron chi connectivity index (χ2n) is 4.41. The lowest BCUT2D eigenvalue weighted by molar-refractivity contribution is -0.128. The number of rotatable bonds is 6. The fourth-order valence-electron chi connectivity index (χ4n) is 1.93. The van der Waals surface area contributed by atoms with Crippen molar-refractivity contribution < 1.29 is 9.53 Å². The van der Waals surface area contributed by atoms with E-state index in [-0.39, 0.29) is 12.1 Å². The maximum Gasteiger partial charge on any atom is 0.237 e. The molecule has 0 bridgehead atoms. The first kappa shape index (κ1) is 10.9. The number of nitrogens with zero attached hydrogens (tertiary/aromatic N) is 1. The van der Waals surface area contributed by atoms with Gasteiger partial charge >= 0.3 is 0 Å². The van der Waals surface area contributed by atoms with Crippen molar-refractivity contribution in [2.24, 2.45) is 5.92 Å². The highest BCUT2D eigenvalue weighted by molar-refractivity contribution is 5.80. The molecule has 0 aromatic carbocycles. The third kappa shape index (κ3) is 2.92. The number of carbonyl (C=O) groups is 1. The van der Waals surface area contributed by atoms with Gasteiger partial charge in [0.1, 0.15) is 0 Å². The van der Waals surface area contributed by atoms with Crippen LogP contribution >= 0.6 is 0 Å². The molecule has 0 radical (unpaired) electrons. The molecule has 2 aliphatic rings. The standard InChI is InChI=1S/C11H20N2O2/c1-2-10-12-7-11(14)13(10)5-6-15-8-9-3-4-9/h9-10,12H,2-8H2,1H3. The molecule has 1 unspecified atom stereocenters. The van der Waals surface area contributed by atoms with Crippen LogP contribution in [0.3, 0.4) is 0 Å². The van der Waals surface area contributed by atoms with Crippen LogP contribution in [0.5, 0.6) is 0 Å². The van der Waals surface area contributed by atoms with Crippen LogP contribution in [0.15, 0.2) is 0 Å². The lowest BCUT2D eigenvalue weighted by Crippen LogP contribution is -2.39. The minimum atomic E-state index is 0.205. The summed E-state index contributed by atoms with van der Waals surface area (Å²) in [4.78, 5) is 13.4. The number of amides is 1. The van der Waals surface area contributed by atoms with Crippen LogP contribution in [0.2, 0.25) is 0 Å². The van der Waals surface area contributed by atoms with Gasteiger partial charge in [0.15, 0.2) is 0 Å². The Morgan fingerprint density at radius 1 is 1.53 bits per heavy atom. The number of hydrogen-bond donors (Lipinski definition) is 1. The van der Waals surface area contributed by atoms with Crippen LogP contribution in [0.25, 0.3) is 0 Å². The van der Waals surface area contributed by atoms with Crippen molar-refractivity contribution in [2.45, 2.75) is 32.4 Å². The summed E-state index contributed by atoms with van der Waals surface area (Å²) in [5, 5.41) is 3.19. The number of carbonyl (C=O) groups excluding carboxylic acids is 1. The zero-order chi connectivity index (χ0) is 10.7. The van der Waals surface area contributed by atoms with E-state index in [0.29, 0.717) is 13.2 Å². The second-order valence-corrected chi connectivity index (χ2v) is 4.41. The number of nitrogens with one attached hydrogen (secondary N) is 1. The highest BCUT2D eigenvalue weighted by Crippen LogP contribution is 2.28.